The quantitative estimate of drug-likeness (QED) is 0.300. The van der Waals surface area contributed by atoms with Crippen LogP contribution in [0.4, 0.5) is 23.4 Å². The molecule has 3 aliphatic rings. The van der Waals surface area contributed by atoms with Gasteiger partial charge in [-0.1, -0.05) is 0 Å². The lowest BCUT2D eigenvalue weighted by Gasteiger charge is -2.34. The summed E-state index contributed by atoms with van der Waals surface area (Å²) in [5.41, 5.74) is 5.18. The maximum absolute atomic E-state index is 15.4. The Hall–Kier alpha value is -4.36. The van der Waals surface area contributed by atoms with Crippen LogP contribution in [0, 0.1) is 23.6 Å². The molecule has 0 unspecified atom stereocenters. The molecule has 3 aromatic heterocycles. The second-order valence-corrected chi connectivity index (χ2v) is 10.4. The zero-order valence-corrected chi connectivity index (χ0v) is 21.5. The molecule has 2 amide bonds. The summed E-state index contributed by atoms with van der Waals surface area (Å²) in [4.78, 5) is 31.6. The Morgan fingerprint density at radius 2 is 1.88 bits per heavy atom. The monoisotopic (exact) mass is 556 g/mol. The zero-order valence-electron chi connectivity index (χ0n) is 21.5. The highest BCUT2D eigenvalue weighted by Gasteiger charge is 2.49. The van der Waals surface area contributed by atoms with E-state index in [1.54, 1.807) is 7.05 Å². The number of alkyl halides is 3. The number of fused-ring (bicyclic) bond motifs is 4. The number of nitrogens with zero attached hydrogens (tertiary/aromatic N) is 7. The van der Waals surface area contributed by atoms with Crippen LogP contribution >= 0.6 is 0 Å². The summed E-state index contributed by atoms with van der Waals surface area (Å²) in [5, 5.41) is 14.1. The average Bonchev–Trinajstić information content (AvgIpc) is 3.61. The molecular weight excluding hydrogens is 532 g/mol. The van der Waals surface area contributed by atoms with Crippen molar-refractivity contribution in [1.29, 1.82) is 0 Å². The van der Waals surface area contributed by atoms with Gasteiger partial charge in [0.05, 0.1) is 40.4 Å². The number of hydrogen-bond acceptors (Lipinski definition) is 7. The van der Waals surface area contributed by atoms with Crippen molar-refractivity contribution < 1.29 is 27.2 Å². The Morgan fingerprint density at radius 1 is 1.12 bits per heavy atom. The van der Waals surface area contributed by atoms with Crippen LogP contribution in [0.3, 0.4) is 0 Å². The van der Waals surface area contributed by atoms with Crippen LogP contribution in [-0.2, 0) is 24.6 Å². The number of aryl methyl sites for hydroxylation is 1. The Morgan fingerprint density at radius 3 is 2.50 bits per heavy atom. The molecule has 1 atom stereocenters. The largest absolute Gasteiger partial charge is 0.435 e. The molecule has 7 rings (SSSR count). The molecule has 1 aromatic carbocycles. The van der Waals surface area contributed by atoms with Gasteiger partial charge in [0.25, 0.3) is 5.91 Å². The number of nitrogens with two attached hydrogens (primary N) is 1. The first-order valence-electron chi connectivity index (χ1n) is 12.6. The molecule has 0 spiro atoms. The van der Waals surface area contributed by atoms with Crippen molar-refractivity contribution in [1.82, 2.24) is 35.0 Å². The first-order chi connectivity index (χ1) is 18.9. The smallest absolute Gasteiger partial charge is 0.383 e. The molecule has 4 aromatic rings. The lowest BCUT2D eigenvalue weighted by molar-refractivity contribution is -0.148. The average molecular weight is 557 g/mol. The predicted octanol–water partition coefficient (Wildman–Crippen LogP) is 3.71. The van der Waals surface area contributed by atoms with Gasteiger partial charge >= 0.3 is 6.18 Å². The summed E-state index contributed by atoms with van der Waals surface area (Å²) in [5.74, 6) is -1.55. The van der Waals surface area contributed by atoms with Gasteiger partial charge in [0.15, 0.2) is 5.69 Å². The van der Waals surface area contributed by atoms with Crippen LogP contribution in [0.25, 0.3) is 21.8 Å². The zero-order chi connectivity index (χ0) is 28.5. The molecule has 14 heteroatoms. The van der Waals surface area contributed by atoms with E-state index in [1.165, 1.54) is 24.0 Å². The van der Waals surface area contributed by atoms with Gasteiger partial charge in [-0.3, -0.25) is 19.3 Å². The molecule has 0 saturated heterocycles. The summed E-state index contributed by atoms with van der Waals surface area (Å²) in [6, 6.07) is 4.21. The minimum atomic E-state index is -4.69. The van der Waals surface area contributed by atoms with Crippen LogP contribution in [0.5, 0.6) is 0 Å². The lowest BCUT2D eigenvalue weighted by Crippen LogP contribution is -2.49. The van der Waals surface area contributed by atoms with Crippen molar-refractivity contribution in [2.45, 2.75) is 32.0 Å². The van der Waals surface area contributed by atoms with Gasteiger partial charge in [0, 0.05) is 31.5 Å². The summed E-state index contributed by atoms with van der Waals surface area (Å²) < 4.78 is 56.0. The SMILES string of the molecule is CN(C(=O)[C@@H]1CC2CC1C2)N(Cc1ccc(C(F)(F)F)nn1)C(=O)c1cc2c(cc1F)nc(N)c1cnn(C)c12. The van der Waals surface area contributed by atoms with E-state index in [4.69, 9.17) is 5.73 Å². The van der Waals surface area contributed by atoms with E-state index in [9.17, 15) is 22.8 Å². The summed E-state index contributed by atoms with van der Waals surface area (Å²) in [6.07, 6.45) is -0.597. The third kappa shape index (κ3) is 4.18. The number of hydrazine groups is 1. The molecule has 0 aliphatic heterocycles. The topological polar surface area (TPSA) is 123 Å². The maximum atomic E-state index is 15.4. The molecular formula is C26H24F4N8O2. The standard InChI is InChI=1S/C26H24F4N8O2/c1-36-22-17-8-16(19(27)9-20(17)33-23(31)18(22)10-32-36)25(40)38(11-14-3-4-21(35-34-14)26(28,29)30)37(2)24(39)15-7-12-5-13(15)6-12/h3-4,8-10,12-13,15H,5-7,11H2,1-2H3,(H2,31,33)/t12?,13?,15-/m1/s1. The second-order valence-electron chi connectivity index (χ2n) is 10.4. The number of benzene rings is 1. The second kappa shape index (κ2) is 9.10. The van der Waals surface area contributed by atoms with E-state index in [-0.39, 0.29) is 40.3 Å². The summed E-state index contributed by atoms with van der Waals surface area (Å²) in [7, 11) is 3.06. The highest BCUT2D eigenvalue weighted by molar-refractivity contribution is 6.10. The number of amides is 2. The van der Waals surface area contributed by atoms with Gasteiger partial charge in [0.1, 0.15) is 11.6 Å². The number of nitrogen functional groups attached to an aromatic ring is 1. The molecule has 208 valence electrons. The summed E-state index contributed by atoms with van der Waals surface area (Å²) in [6.45, 7) is -0.411. The minimum Gasteiger partial charge on any atom is -0.383 e. The molecule has 3 saturated carbocycles. The first-order valence-corrected chi connectivity index (χ1v) is 12.6. The molecule has 40 heavy (non-hydrogen) atoms. The van der Waals surface area contributed by atoms with Gasteiger partial charge in [-0.25, -0.2) is 14.4 Å². The van der Waals surface area contributed by atoms with E-state index in [0.717, 1.165) is 41.1 Å². The number of rotatable bonds is 4. The normalized spacial score (nSPS) is 20.1. The van der Waals surface area contributed by atoms with Gasteiger partial charge in [-0.05, 0) is 49.3 Å². The van der Waals surface area contributed by atoms with Crippen molar-refractivity contribution >= 4 is 39.4 Å². The number of carbonyl (C=O) groups is 2. The van der Waals surface area contributed by atoms with E-state index >= 15 is 4.39 Å². The van der Waals surface area contributed by atoms with Crippen LogP contribution in [0.2, 0.25) is 0 Å². The molecule has 3 aliphatic carbocycles. The predicted molar refractivity (Wildman–Crippen MR) is 134 cm³/mol. The van der Waals surface area contributed by atoms with Crippen molar-refractivity contribution in [3.8, 4) is 0 Å². The highest BCUT2D eigenvalue weighted by atomic mass is 19.4. The number of pyridine rings is 1. The van der Waals surface area contributed by atoms with E-state index in [1.807, 2.05) is 0 Å². The van der Waals surface area contributed by atoms with Crippen molar-refractivity contribution in [2.24, 2.45) is 24.8 Å². The molecule has 0 radical (unpaired) electrons. The van der Waals surface area contributed by atoms with Crippen LogP contribution in [-0.4, -0.2) is 53.8 Å². The first kappa shape index (κ1) is 25.9. The van der Waals surface area contributed by atoms with Gasteiger partial charge in [-0.15, -0.1) is 5.10 Å². The lowest BCUT2D eigenvalue weighted by atomic mass is 9.82. The molecule has 2 N–H and O–H groups in total. The van der Waals surface area contributed by atoms with Crippen LogP contribution in [0.15, 0.2) is 30.5 Å². The van der Waals surface area contributed by atoms with Gasteiger partial charge in [0.2, 0.25) is 5.91 Å². The number of anilines is 1. The van der Waals surface area contributed by atoms with Gasteiger partial charge in [-0.2, -0.15) is 23.4 Å². The van der Waals surface area contributed by atoms with E-state index in [0.29, 0.717) is 28.6 Å². The third-order valence-corrected chi connectivity index (χ3v) is 8.01. The van der Waals surface area contributed by atoms with Crippen molar-refractivity contribution in [2.75, 3.05) is 12.8 Å². The molecule has 3 fully saturated rings. The van der Waals surface area contributed by atoms with Crippen molar-refractivity contribution in [3.63, 3.8) is 0 Å². The molecule has 3 heterocycles. The number of halogens is 4. The van der Waals surface area contributed by atoms with E-state index < -0.39 is 30.1 Å². The van der Waals surface area contributed by atoms with Gasteiger partial charge < -0.3 is 5.73 Å². The molecule has 2 bridgehead atoms. The Bertz CT molecular complexity index is 1660. The van der Waals surface area contributed by atoms with Crippen LogP contribution in [0.1, 0.15) is 41.0 Å². The Labute approximate surface area is 224 Å². The maximum Gasteiger partial charge on any atom is 0.435 e. The number of aromatic nitrogens is 5. The van der Waals surface area contributed by atoms with Crippen LogP contribution < -0.4 is 5.73 Å². The fraction of sp³-hybridized carbons (Fsp3) is 0.385. The highest BCUT2D eigenvalue weighted by Crippen LogP contribution is 2.53. The van der Waals surface area contributed by atoms with Crippen molar-refractivity contribution in [3.05, 3.63) is 53.2 Å². The third-order valence-electron chi connectivity index (χ3n) is 8.01. The summed E-state index contributed by atoms with van der Waals surface area (Å²) >= 11 is 0. The fourth-order valence-electron chi connectivity index (χ4n) is 5.87. The molecule has 10 nitrogen and oxygen atoms in total. The van der Waals surface area contributed by atoms with E-state index in [2.05, 4.69) is 20.3 Å². The number of carbonyl (C=O) groups excluding carboxylic acids is 2. The number of hydrogen-bond donors (Lipinski definition) is 1. The Kier molecular flexibility index (Phi) is 5.89. The minimum absolute atomic E-state index is 0.0126. The Balaban J connectivity index is 1.41. The fourth-order valence-corrected chi connectivity index (χ4v) is 5.87.